The summed E-state index contributed by atoms with van der Waals surface area (Å²) in [6.07, 6.45) is 1.09. The van der Waals surface area contributed by atoms with Crippen molar-refractivity contribution >= 4 is 22.6 Å². The molecule has 0 radical (unpaired) electrons. The standard InChI is InChI=1S/C6H2FIN2/c7-5-1-4(2-9)6(8)10-3-5/h1,3H. The number of hydrogen-bond acceptors (Lipinski definition) is 2. The zero-order chi connectivity index (χ0) is 7.56. The first-order valence-corrected chi connectivity index (χ1v) is 3.53. The van der Waals surface area contributed by atoms with Gasteiger partial charge in [0.05, 0.1) is 11.8 Å². The summed E-state index contributed by atoms with van der Waals surface area (Å²) < 4.78 is 12.8. The van der Waals surface area contributed by atoms with Crippen molar-refractivity contribution in [1.82, 2.24) is 4.98 Å². The lowest BCUT2D eigenvalue weighted by atomic mass is 10.3. The minimum atomic E-state index is -0.475. The second-order valence-corrected chi connectivity index (χ2v) is 2.63. The highest BCUT2D eigenvalue weighted by Crippen LogP contribution is 2.08. The van der Waals surface area contributed by atoms with Crippen molar-refractivity contribution in [2.24, 2.45) is 0 Å². The van der Waals surface area contributed by atoms with E-state index in [2.05, 4.69) is 4.98 Å². The van der Waals surface area contributed by atoms with Crippen LogP contribution in [0.3, 0.4) is 0 Å². The monoisotopic (exact) mass is 248 g/mol. The smallest absolute Gasteiger partial charge is 0.142 e. The lowest BCUT2D eigenvalue weighted by Gasteiger charge is -1.91. The van der Waals surface area contributed by atoms with Gasteiger partial charge in [-0.25, -0.2) is 9.37 Å². The Labute approximate surface area is 70.8 Å². The van der Waals surface area contributed by atoms with Gasteiger partial charge in [0.15, 0.2) is 0 Å². The summed E-state index contributed by atoms with van der Waals surface area (Å²) in [6, 6.07) is 2.99. The number of hydrogen-bond donors (Lipinski definition) is 0. The summed E-state index contributed by atoms with van der Waals surface area (Å²) >= 11 is 1.88. The molecule has 0 amide bonds. The van der Waals surface area contributed by atoms with Crippen LogP contribution in [0.2, 0.25) is 0 Å². The minimum absolute atomic E-state index is 0.278. The van der Waals surface area contributed by atoms with Crippen LogP contribution in [-0.2, 0) is 0 Å². The summed E-state index contributed by atoms with van der Waals surface area (Å²) in [5, 5.41) is 8.38. The molecule has 50 valence electrons. The summed E-state index contributed by atoms with van der Waals surface area (Å²) in [5.74, 6) is -0.475. The van der Waals surface area contributed by atoms with Crippen molar-refractivity contribution in [3.8, 4) is 6.07 Å². The number of rotatable bonds is 0. The van der Waals surface area contributed by atoms with Crippen molar-refractivity contribution in [3.05, 3.63) is 27.3 Å². The third kappa shape index (κ3) is 1.42. The Morgan fingerprint density at radius 1 is 1.70 bits per heavy atom. The molecule has 0 aliphatic rings. The molecule has 1 aromatic heterocycles. The van der Waals surface area contributed by atoms with E-state index in [0.29, 0.717) is 3.70 Å². The first-order chi connectivity index (χ1) is 4.74. The van der Waals surface area contributed by atoms with Gasteiger partial charge in [0, 0.05) is 0 Å². The summed E-state index contributed by atoms with van der Waals surface area (Å²) in [4.78, 5) is 3.64. The summed E-state index contributed by atoms with van der Waals surface area (Å²) in [5.41, 5.74) is 0.278. The second-order valence-electron chi connectivity index (χ2n) is 1.60. The van der Waals surface area contributed by atoms with Gasteiger partial charge in [-0.05, 0) is 28.7 Å². The Morgan fingerprint density at radius 2 is 2.40 bits per heavy atom. The normalized spacial score (nSPS) is 8.90. The fourth-order valence-electron chi connectivity index (χ4n) is 0.501. The van der Waals surface area contributed by atoms with Crippen molar-refractivity contribution in [1.29, 1.82) is 5.26 Å². The highest BCUT2D eigenvalue weighted by molar-refractivity contribution is 14.1. The zero-order valence-corrected chi connectivity index (χ0v) is 6.96. The molecule has 10 heavy (non-hydrogen) atoms. The summed E-state index contributed by atoms with van der Waals surface area (Å²) in [7, 11) is 0. The second kappa shape index (κ2) is 2.92. The Hall–Kier alpha value is -0.700. The average Bonchev–Trinajstić information content (AvgIpc) is 1.94. The third-order valence-electron chi connectivity index (χ3n) is 0.926. The Kier molecular flexibility index (Phi) is 2.17. The SMILES string of the molecule is N#Cc1cc(F)cnc1I. The van der Waals surface area contributed by atoms with Crippen molar-refractivity contribution in [2.45, 2.75) is 0 Å². The van der Waals surface area contributed by atoms with Gasteiger partial charge < -0.3 is 0 Å². The lowest BCUT2D eigenvalue weighted by Crippen LogP contribution is -1.87. The Morgan fingerprint density at radius 3 is 2.90 bits per heavy atom. The highest BCUT2D eigenvalue weighted by Gasteiger charge is 1.99. The topological polar surface area (TPSA) is 36.7 Å². The van der Waals surface area contributed by atoms with Crippen molar-refractivity contribution in [2.75, 3.05) is 0 Å². The first-order valence-electron chi connectivity index (χ1n) is 2.45. The molecule has 1 rings (SSSR count). The molecule has 1 heterocycles. The van der Waals surface area contributed by atoms with Gasteiger partial charge in [0.2, 0.25) is 0 Å². The fraction of sp³-hybridized carbons (Fsp3) is 0. The van der Waals surface area contributed by atoms with Gasteiger partial charge in [-0.1, -0.05) is 0 Å². The van der Waals surface area contributed by atoms with Crippen LogP contribution in [0.25, 0.3) is 0 Å². The maximum absolute atomic E-state index is 12.3. The fourth-order valence-corrected chi connectivity index (χ4v) is 0.917. The van der Waals surface area contributed by atoms with Crippen LogP contribution >= 0.6 is 22.6 Å². The van der Waals surface area contributed by atoms with E-state index < -0.39 is 5.82 Å². The van der Waals surface area contributed by atoms with Crippen LogP contribution < -0.4 is 0 Å². The molecule has 1 aromatic rings. The number of pyridine rings is 1. The lowest BCUT2D eigenvalue weighted by molar-refractivity contribution is 0.620. The van der Waals surface area contributed by atoms with Gasteiger partial charge >= 0.3 is 0 Å². The maximum Gasteiger partial charge on any atom is 0.142 e. The largest absolute Gasteiger partial charge is 0.246 e. The van der Waals surface area contributed by atoms with Gasteiger partial charge in [0.25, 0.3) is 0 Å². The van der Waals surface area contributed by atoms with Crippen LogP contribution in [0.15, 0.2) is 12.3 Å². The third-order valence-corrected chi connectivity index (χ3v) is 1.79. The molecule has 0 N–H and O–H groups in total. The van der Waals surface area contributed by atoms with E-state index in [4.69, 9.17) is 5.26 Å². The van der Waals surface area contributed by atoms with E-state index in [9.17, 15) is 4.39 Å². The molecule has 0 aromatic carbocycles. The van der Waals surface area contributed by atoms with Gasteiger partial charge in [-0.2, -0.15) is 5.26 Å². The molecule has 0 bridgehead atoms. The molecule has 0 aliphatic carbocycles. The predicted molar refractivity (Wildman–Crippen MR) is 41.6 cm³/mol. The van der Waals surface area contributed by atoms with Crippen LogP contribution in [0.5, 0.6) is 0 Å². The molecule has 0 saturated heterocycles. The number of halogens is 2. The maximum atomic E-state index is 12.3. The Bertz CT molecular complexity index is 292. The van der Waals surface area contributed by atoms with Crippen LogP contribution in [0.1, 0.15) is 5.56 Å². The van der Waals surface area contributed by atoms with Crippen LogP contribution in [0, 0.1) is 20.8 Å². The van der Waals surface area contributed by atoms with E-state index in [-0.39, 0.29) is 5.56 Å². The molecule has 0 spiro atoms. The van der Waals surface area contributed by atoms with E-state index in [1.54, 1.807) is 0 Å². The zero-order valence-electron chi connectivity index (χ0n) is 4.81. The number of nitrogens with zero attached hydrogens (tertiary/aromatic N) is 2. The van der Waals surface area contributed by atoms with Crippen LogP contribution in [-0.4, -0.2) is 4.98 Å². The molecule has 4 heteroatoms. The van der Waals surface area contributed by atoms with E-state index in [1.807, 2.05) is 28.7 Å². The molecular weight excluding hydrogens is 246 g/mol. The molecule has 0 atom stereocenters. The van der Waals surface area contributed by atoms with E-state index in [1.165, 1.54) is 0 Å². The van der Waals surface area contributed by atoms with Crippen LogP contribution in [0.4, 0.5) is 4.39 Å². The van der Waals surface area contributed by atoms with Gasteiger partial charge in [-0.3, -0.25) is 0 Å². The van der Waals surface area contributed by atoms with Gasteiger partial charge in [0.1, 0.15) is 15.6 Å². The Balaban J connectivity index is 3.25. The summed E-state index contributed by atoms with van der Waals surface area (Å²) in [6.45, 7) is 0. The predicted octanol–water partition coefficient (Wildman–Crippen LogP) is 1.70. The average molecular weight is 248 g/mol. The van der Waals surface area contributed by atoms with Crippen molar-refractivity contribution in [3.63, 3.8) is 0 Å². The van der Waals surface area contributed by atoms with Crippen molar-refractivity contribution < 1.29 is 4.39 Å². The molecular formula is C6H2FIN2. The molecule has 0 fully saturated rings. The first kappa shape index (κ1) is 7.41. The number of nitriles is 1. The minimum Gasteiger partial charge on any atom is -0.246 e. The number of aromatic nitrogens is 1. The van der Waals surface area contributed by atoms with E-state index >= 15 is 0 Å². The van der Waals surface area contributed by atoms with Gasteiger partial charge in [-0.15, -0.1) is 0 Å². The molecule has 0 aliphatic heterocycles. The highest BCUT2D eigenvalue weighted by atomic mass is 127. The quantitative estimate of drug-likeness (QED) is 0.517. The molecule has 0 unspecified atom stereocenters. The molecule has 0 saturated carbocycles. The molecule has 2 nitrogen and oxygen atoms in total. The van der Waals surface area contributed by atoms with E-state index in [0.717, 1.165) is 12.3 Å².